The number of carboxylic acid groups (broad SMARTS) is 1. The minimum atomic E-state index is -3.45. The van der Waals surface area contributed by atoms with Gasteiger partial charge in [0.15, 0.2) is 0 Å². The highest BCUT2D eigenvalue weighted by Gasteiger charge is 2.50. The zero-order valence-electron chi connectivity index (χ0n) is 8.10. The SMILES string of the molecule is CC(=O)[O-].CCC(C)(C)[N+](F)(F)F. The first-order valence-corrected chi connectivity index (χ1v) is 3.70. The number of hydrogen-bond acceptors (Lipinski definition) is 2. The first-order chi connectivity index (χ1) is 5.54. The number of quaternary nitrogens is 1. The van der Waals surface area contributed by atoms with Crippen LogP contribution < -0.4 is 5.11 Å². The van der Waals surface area contributed by atoms with Gasteiger partial charge in [0, 0.05) is 26.2 Å². The summed E-state index contributed by atoms with van der Waals surface area (Å²) >= 11 is 0. The van der Waals surface area contributed by atoms with Gasteiger partial charge in [-0.15, -0.1) is 0 Å². The van der Waals surface area contributed by atoms with Crippen molar-refractivity contribution in [1.82, 2.24) is 0 Å². The molecule has 0 rings (SSSR count). The lowest BCUT2D eigenvalue weighted by Crippen LogP contribution is -2.42. The Labute approximate surface area is 75.2 Å². The second-order valence-corrected chi connectivity index (χ2v) is 3.10. The minimum absolute atomic E-state index is 0.108. The number of nitrogens with zero attached hydrogens (tertiary/aromatic N) is 1. The van der Waals surface area contributed by atoms with Crippen LogP contribution in [-0.4, -0.2) is 16.7 Å². The fourth-order valence-electron chi connectivity index (χ4n) is 0.179. The van der Waals surface area contributed by atoms with E-state index in [1.165, 1.54) is 20.8 Å². The van der Waals surface area contributed by atoms with E-state index in [-0.39, 0.29) is 6.42 Å². The summed E-state index contributed by atoms with van der Waals surface area (Å²) < 4.78 is 35.3. The first kappa shape index (κ1) is 14.7. The van der Waals surface area contributed by atoms with E-state index in [1.54, 1.807) is 0 Å². The number of carbonyl (C=O) groups excluding carboxylic acids is 1. The maximum atomic E-state index is 11.8. The van der Waals surface area contributed by atoms with Crippen molar-refractivity contribution in [3.8, 4) is 0 Å². The normalized spacial score (nSPS) is 11.6. The summed E-state index contributed by atoms with van der Waals surface area (Å²) in [6.45, 7) is 4.84. The van der Waals surface area contributed by atoms with E-state index in [0.29, 0.717) is 0 Å². The molecular weight excluding hydrogens is 187 g/mol. The van der Waals surface area contributed by atoms with Gasteiger partial charge in [-0.3, -0.25) is 0 Å². The van der Waals surface area contributed by atoms with Gasteiger partial charge in [0.1, 0.15) is 0 Å². The Balaban J connectivity index is 0. The predicted octanol–water partition coefficient (Wildman–Crippen LogP) is 1.40. The van der Waals surface area contributed by atoms with E-state index in [0.717, 1.165) is 6.92 Å². The van der Waals surface area contributed by atoms with E-state index in [2.05, 4.69) is 0 Å². The fraction of sp³-hybridized carbons (Fsp3) is 0.857. The molecule has 0 saturated carbocycles. The standard InChI is InChI=1S/C5H11F3N.C2H4O2/c1-4-5(2,3)9(6,7)8;1-2(3)4/h4H2,1-3H3;1H3,(H,3,4)/q+1;/p-1. The molecule has 0 aromatic carbocycles. The Morgan fingerprint density at radius 1 is 1.38 bits per heavy atom. The van der Waals surface area contributed by atoms with Crippen molar-refractivity contribution in [2.45, 2.75) is 39.7 Å². The third kappa shape index (κ3) is 7.58. The van der Waals surface area contributed by atoms with Crippen LogP contribution in [0.25, 0.3) is 0 Å². The van der Waals surface area contributed by atoms with Gasteiger partial charge in [0.2, 0.25) is 10.7 Å². The molecule has 0 aromatic heterocycles. The van der Waals surface area contributed by atoms with Gasteiger partial charge in [0.05, 0.1) is 13.4 Å². The van der Waals surface area contributed by atoms with Crippen LogP contribution in [0.2, 0.25) is 0 Å². The molecule has 0 radical (unpaired) electrons. The van der Waals surface area contributed by atoms with Gasteiger partial charge in [-0.25, -0.2) is 0 Å². The third-order valence-corrected chi connectivity index (χ3v) is 1.55. The quantitative estimate of drug-likeness (QED) is 0.633. The van der Waals surface area contributed by atoms with Crippen LogP contribution in [0.5, 0.6) is 0 Å². The molecule has 80 valence electrons. The van der Waals surface area contributed by atoms with Crippen molar-refractivity contribution in [3.05, 3.63) is 0 Å². The van der Waals surface area contributed by atoms with Crippen molar-refractivity contribution in [3.63, 3.8) is 0 Å². The second-order valence-electron chi connectivity index (χ2n) is 3.10. The summed E-state index contributed by atoms with van der Waals surface area (Å²) in [6, 6.07) is 0. The zero-order valence-corrected chi connectivity index (χ0v) is 8.10. The maximum absolute atomic E-state index is 11.8. The molecule has 0 amide bonds. The highest BCUT2D eigenvalue weighted by atomic mass is 19.6. The highest BCUT2D eigenvalue weighted by molar-refractivity contribution is 5.60. The van der Waals surface area contributed by atoms with Gasteiger partial charge in [0.25, 0.3) is 0 Å². The van der Waals surface area contributed by atoms with E-state index in [9.17, 15) is 13.4 Å². The summed E-state index contributed by atoms with van der Waals surface area (Å²) in [7, 11) is 0. The van der Waals surface area contributed by atoms with Crippen LogP contribution >= 0.6 is 0 Å². The van der Waals surface area contributed by atoms with Crippen LogP contribution in [0, 0.1) is 0 Å². The number of hydrogen-bond donors (Lipinski definition) is 0. The fourth-order valence-corrected chi connectivity index (χ4v) is 0.179. The molecule has 0 aromatic rings. The molecule has 0 aliphatic heterocycles. The molecule has 0 N–H and O–H groups in total. The van der Waals surface area contributed by atoms with E-state index >= 15 is 0 Å². The van der Waals surface area contributed by atoms with Gasteiger partial charge < -0.3 is 9.90 Å². The number of carboxylic acids is 1. The molecule has 0 heterocycles. The van der Waals surface area contributed by atoms with Crippen molar-refractivity contribution in [1.29, 1.82) is 0 Å². The monoisotopic (exact) mass is 201 g/mol. The molecule has 0 aliphatic carbocycles. The van der Waals surface area contributed by atoms with Crippen molar-refractivity contribution < 1.29 is 28.5 Å². The third-order valence-electron chi connectivity index (χ3n) is 1.55. The van der Waals surface area contributed by atoms with E-state index in [4.69, 9.17) is 9.90 Å². The van der Waals surface area contributed by atoms with E-state index in [1.807, 2.05) is 0 Å². The van der Waals surface area contributed by atoms with Gasteiger partial charge in [-0.1, -0.05) is 6.92 Å². The summed E-state index contributed by atoms with van der Waals surface area (Å²) in [5.74, 6) is -1.08. The van der Waals surface area contributed by atoms with Crippen LogP contribution in [0.15, 0.2) is 0 Å². The summed E-state index contributed by atoms with van der Waals surface area (Å²) in [4.78, 5) is 8.89. The topological polar surface area (TPSA) is 40.1 Å². The average molecular weight is 201 g/mol. The molecule has 0 aliphatic rings. The maximum Gasteiger partial charge on any atom is 0.249 e. The van der Waals surface area contributed by atoms with Gasteiger partial charge in [-0.05, 0) is 6.92 Å². The number of aliphatic carboxylic acids is 1. The summed E-state index contributed by atoms with van der Waals surface area (Å²) in [6.07, 6.45) is 0.108. The predicted molar refractivity (Wildman–Crippen MR) is 38.6 cm³/mol. The molecule has 0 fully saturated rings. The Bertz CT molecular complexity index is 162. The number of rotatable bonds is 2. The smallest absolute Gasteiger partial charge is 0.249 e. The number of halogens is 3. The van der Waals surface area contributed by atoms with Crippen molar-refractivity contribution in [2.75, 3.05) is 0 Å². The molecular formula is C7H14F3NO2. The average Bonchev–Trinajstić information content (AvgIpc) is 1.84. The molecule has 0 atom stereocenters. The van der Waals surface area contributed by atoms with Crippen LogP contribution in [0.1, 0.15) is 34.1 Å². The largest absolute Gasteiger partial charge is 0.550 e. The molecule has 6 heteroatoms. The van der Waals surface area contributed by atoms with Gasteiger partial charge >= 0.3 is 0 Å². The van der Waals surface area contributed by atoms with E-state index < -0.39 is 16.7 Å². The Hall–Kier alpha value is -0.780. The zero-order chi connectivity index (χ0) is 11.3. The summed E-state index contributed by atoms with van der Waals surface area (Å²) in [5.41, 5.74) is -1.58. The second kappa shape index (κ2) is 5.06. The summed E-state index contributed by atoms with van der Waals surface area (Å²) in [5, 5.41) is 5.43. The van der Waals surface area contributed by atoms with Crippen molar-refractivity contribution in [2.24, 2.45) is 0 Å². The Morgan fingerprint density at radius 3 is 1.62 bits per heavy atom. The Morgan fingerprint density at radius 2 is 1.62 bits per heavy atom. The minimum Gasteiger partial charge on any atom is -0.550 e. The Kier molecular flexibility index (Phi) is 5.73. The molecule has 0 spiro atoms. The molecule has 0 saturated heterocycles. The highest BCUT2D eigenvalue weighted by Crippen LogP contribution is 2.30. The van der Waals surface area contributed by atoms with Crippen LogP contribution in [0.3, 0.4) is 0 Å². The van der Waals surface area contributed by atoms with Crippen LogP contribution in [-0.2, 0) is 4.79 Å². The molecule has 3 nitrogen and oxygen atoms in total. The van der Waals surface area contributed by atoms with Crippen LogP contribution in [0.4, 0.5) is 13.4 Å². The van der Waals surface area contributed by atoms with Crippen molar-refractivity contribution >= 4 is 5.97 Å². The molecule has 0 bridgehead atoms. The molecule has 0 unspecified atom stereocenters. The van der Waals surface area contributed by atoms with Gasteiger partial charge in [-0.2, -0.15) is 0 Å². The number of carbonyl (C=O) groups is 1. The lowest BCUT2D eigenvalue weighted by molar-refractivity contribution is -1.30. The lowest BCUT2D eigenvalue weighted by Gasteiger charge is -2.18. The first-order valence-electron chi connectivity index (χ1n) is 3.70. The molecule has 13 heavy (non-hydrogen) atoms. The lowest BCUT2D eigenvalue weighted by atomic mass is 10.0.